The number of benzene rings is 2. The van der Waals surface area contributed by atoms with Crippen LogP contribution >= 0.6 is 23.2 Å². The van der Waals surface area contributed by atoms with E-state index in [2.05, 4.69) is 15.4 Å². The number of aromatic nitrogens is 3. The predicted molar refractivity (Wildman–Crippen MR) is 112 cm³/mol. The first-order chi connectivity index (χ1) is 14.1. The molecule has 30 heavy (non-hydrogen) atoms. The van der Waals surface area contributed by atoms with Gasteiger partial charge < -0.3 is 5.11 Å². The molecule has 0 amide bonds. The van der Waals surface area contributed by atoms with Gasteiger partial charge in [0.1, 0.15) is 12.0 Å². The summed E-state index contributed by atoms with van der Waals surface area (Å²) in [6.45, 7) is 2.26. The van der Waals surface area contributed by atoms with E-state index in [1.165, 1.54) is 6.07 Å². The van der Waals surface area contributed by atoms with Crippen LogP contribution in [0.1, 0.15) is 19.4 Å². The molecule has 0 aliphatic carbocycles. The third-order valence-corrected chi connectivity index (χ3v) is 5.22. The Balaban J connectivity index is 1.92. The van der Waals surface area contributed by atoms with Crippen molar-refractivity contribution in [3.05, 3.63) is 68.3 Å². The Hall–Kier alpha value is -2.26. The number of hydrogen-bond donors (Lipinski definition) is 3. The zero-order valence-electron chi connectivity index (χ0n) is 16.2. The van der Waals surface area contributed by atoms with Gasteiger partial charge in [-0.2, -0.15) is 4.68 Å². The quantitative estimate of drug-likeness (QED) is 0.467. The minimum Gasteiger partial charge on any atom is -0.378 e. The topological polar surface area (TPSA) is 82.9 Å². The molecule has 0 bridgehead atoms. The van der Waals surface area contributed by atoms with E-state index in [9.17, 15) is 18.7 Å². The summed E-state index contributed by atoms with van der Waals surface area (Å²) in [4.78, 5) is 14.9. The van der Waals surface area contributed by atoms with E-state index in [1.807, 2.05) is 0 Å². The number of hydrogen-bond acceptors (Lipinski definition) is 4. The highest BCUT2D eigenvalue weighted by molar-refractivity contribution is 6.33. The zero-order chi connectivity index (χ0) is 22.1. The van der Waals surface area contributed by atoms with Crippen LogP contribution < -0.4 is 11.0 Å². The Morgan fingerprint density at radius 2 is 1.93 bits per heavy atom. The first-order valence-corrected chi connectivity index (χ1v) is 9.79. The van der Waals surface area contributed by atoms with E-state index >= 15 is 0 Å². The Morgan fingerprint density at radius 1 is 1.27 bits per heavy atom. The molecule has 0 spiro atoms. The molecule has 0 aliphatic heterocycles. The molecule has 1 heterocycles. The summed E-state index contributed by atoms with van der Waals surface area (Å²) in [7, 11) is 0. The third-order valence-electron chi connectivity index (χ3n) is 4.65. The molecular formula is C20H20Cl2F2N4O2. The van der Waals surface area contributed by atoms with E-state index in [-0.39, 0.29) is 23.0 Å². The van der Waals surface area contributed by atoms with Crippen LogP contribution in [0.2, 0.25) is 10.0 Å². The van der Waals surface area contributed by atoms with E-state index in [4.69, 9.17) is 23.2 Å². The molecule has 3 N–H and O–H groups in total. The van der Waals surface area contributed by atoms with Crippen molar-refractivity contribution in [2.45, 2.75) is 26.6 Å². The fourth-order valence-electron chi connectivity index (χ4n) is 2.67. The van der Waals surface area contributed by atoms with Crippen molar-refractivity contribution in [1.29, 1.82) is 0 Å². The number of nitrogens with one attached hydrogen (secondary N) is 2. The van der Waals surface area contributed by atoms with Gasteiger partial charge in [0.15, 0.2) is 5.82 Å². The maximum absolute atomic E-state index is 14.4. The molecule has 2 aromatic carbocycles. The standard InChI is InChI=1S/C20H20Cl2F2N4O2/c1-20(2,10-23)18(29)25-9-11-7-14(15(22)8-16(11)24)17-26-19(30)28(27-17)13-5-3-12(21)4-6-13/h3-8,18,25,29H,9-10H2,1-2H3,(H,26,27,30). The molecular weight excluding hydrogens is 437 g/mol. The number of halogens is 4. The minimum atomic E-state index is -1.19. The van der Waals surface area contributed by atoms with Gasteiger partial charge in [0, 0.05) is 28.1 Å². The van der Waals surface area contributed by atoms with Crippen LogP contribution in [0.15, 0.2) is 41.2 Å². The molecule has 1 atom stereocenters. The van der Waals surface area contributed by atoms with Crippen molar-refractivity contribution in [2.75, 3.05) is 6.67 Å². The summed E-state index contributed by atoms with van der Waals surface area (Å²) < 4.78 is 28.5. The lowest BCUT2D eigenvalue weighted by atomic mass is 9.93. The number of H-pyrrole nitrogens is 1. The highest BCUT2D eigenvalue weighted by atomic mass is 35.5. The average Bonchev–Trinajstić information content (AvgIpc) is 3.09. The van der Waals surface area contributed by atoms with Gasteiger partial charge in [-0.1, -0.05) is 37.0 Å². The molecule has 0 fully saturated rings. The molecule has 0 aliphatic rings. The highest BCUT2D eigenvalue weighted by Crippen LogP contribution is 2.28. The van der Waals surface area contributed by atoms with Crippen LogP contribution in [0.3, 0.4) is 0 Å². The summed E-state index contributed by atoms with van der Waals surface area (Å²) >= 11 is 12.0. The van der Waals surface area contributed by atoms with Gasteiger partial charge >= 0.3 is 5.69 Å². The molecule has 0 radical (unpaired) electrons. The highest BCUT2D eigenvalue weighted by Gasteiger charge is 2.27. The number of rotatable bonds is 7. The van der Waals surface area contributed by atoms with Crippen molar-refractivity contribution in [3.63, 3.8) is 0 Å². The van der Waals surface area contributed by atoms with E-state index in [0.717, 1.165) is 10.7 Å². The van der Waals surface area contributed by atoms with Crippen LogP contribution in [0.4, 0.5) is 8.78 Å². The van der Waals surface area contributed by atoms with E-state index in [0.29, 0.717) is 16.3 Å². The monoisotopic (exact) mass is 456 g/mol. The van der Waals surface area contributed by atoms with Gasteiger partial charge in [-0.25, -0.2) is 9.18 Å². The molecule has 3 aromatic rings. The number of nitrogens with zero attached hydrogens (tertiary/aromatic N) is 2. The lowest BCUT2D eigenvalue weighted by Gasteiger charge is -2.28. The Kier molecular flexibility index (Phi) is 6.62. The molecule has 0 saturated carbocycles. The Bertz CT molecular complexity index is 1100. The molecule has 0 saturated heterocycles. The molecule has 1 aromatic heterocycles. The summed E-state index contributed by atoms with van der Waals surface area (Å²) in [6, 6.07) is 9.02. The number of aliphatic hydroxyl groups excluding tert-OH is 1. The summed E-state index contributed by atoms with van der Waals surface area (Å²) in [5.41, 5.74) is -0.575. The van der Waals surface area contributed by atoms with Gasteiger partial charge in [-0.05, 0) is 36.4 Å². The molecule has 10 heteroatoms. The van der Waals surface area contributed by atoms with Crippen LogP contribution in [-0.4, -0.2) is 32.8 Å². The first-order valence-electron chi connectivity index (χ1n) is 9.03. The number of alkyl halides is 1. The normalized spacial score (nSPS) is 12.9. The maximum atomic E-state index is 14.4. The van der Waals surface area contributed by atoms with Crippen molar-refractivity contribution >= 4 is 23.2 Å². The molecule has 6 nitrogen and oxygen atoms in total. The molecule has 3 rings (SSSR count). The second-order valence-electron chi connectivity index (χ2n) is 7.50. The summed E-state index contributed by atoms with van der Waals surface area (Å²) in [5, 5.41) is 17.6. The fourth-order valence-corrected chi connectivity index (χ4v) is 3.04. The van der Waals surface area contributed by atoms with Crippen molar-refractivity contribution in [3.8, 4) is 17.1 Å². The largest absolute Gasteiger partial charge is 0.378 e. The minimum absolute atomic E-state index is 0.0536. The lowest BCUT2D eigenvalue weighted by molar-refractivity contribution is 0.00491. The zero-order valence-corrected chi connectivity index (χ0v) is 17.7. The van der Waals surface area contributed by atoms with Crippen molar-refractivity contribution < 1.29 is 13.9 Å². The van der Waals surface area contributed by atoms with E-state index in [1.54, 1.807) is 38.1 Å². The predicted octanol–water partition coefficient (Wildman–Crippen LogP) is 4.08. The van der Waals surface area contributed by atoms with Crippen LogP contribution in [0.25, 0.3) is 17.1 Å². The fraction of sp³-hybridized carbons (Fsp3) is 0.300. The molecule has 1 unspecified atom stereocenters. The van der Waals surface area contributed by atoms with Gasteiger partial charge in [0.2, 0.25) is 0 Å². The maximum Gasteiger partial charge on any atom is 0.348 e. The smallest absolute Gasteiger partial charge is 0.348 e. The summed E-state index contributed by atoms with van der Waals surface area (Å²) in [5.74, 6) is -0.466. The van der Waals surface area contributed by atoms with Crippen LogP contribution in [0, 0.1) is 11.2 Å². The van der Waals surface area contributed by atoms with Crippen molar-refractivity contribution in [1.82, 2.24) is 20.1 Å². The van der Waals surface area contributed by atoms with Gasteiger partial charge in [-0.15, -0.1) is 5.10 Å². The van der Waals surface area contributed by atoms with Crippen LogP contribution in [-0.2, 0) is 6.54 Å². The van der Waals surface area contributed by atoms with Gasteiger partial charge in [-0.3, -0.25) is 14.7 Å². The first kappa shape index (κ1) is 22.4. The Morgan fingerprint density at radius 3 is 2.57 bits per heavy atom. The van der Waals surface area contributed by atoms with Gasteiger partial charge in [0.25, 0.3) is 0 Å². The average molecular weight is 457 g/mol. The Labute approximate surface area is 181 Å². The third kappa shape index (κ3) is 4.73. The number of aromatic amines is 1. The number of aliphatic hydroxyl groups is 1. The lowest BCUT2D eigenvalue weighted by Crippen LogP contribution is -2.42. The second-order valence-corrected chi connectivity index (χ2v) is 8.34. The van der Waals surface area contributed by atoms with E-state index < -0.39 is 29.8 Å². The van der Waals surface area contributed by atoms with Crippen LogP contribution in [0.5, 0.6) is 0 Å². The SMILES string of the molecule is CC(C)(CF)C(O)NCc1cc(-c2nn(-c3ccc(Cl)cc3)c(=O)[nH]2)c(Cl)cc1F. The van der Waals surface area contributed by atoms with Crippen molar-refractivity contribution in [2.24, 2.45) is 5.41 Å². The van der Waals surface area contributed by atoms with Gasteiger partial charge in [0.05, 0.1) is 17.4 Å². The second kappa shape index (κ2) is 8.85. The summed E-state index contributed by atoms with van der Waals surface area (Å²) in [6.07, 6.45) is -1.19. The molecule has 160 valence electrons.